The number of carbonyl (C=O) groups excluding carboxylic acids is 2. The van der Waals surface area contributed by atoms with Crippen molar-refractivity contribution in [3.05, 3.63) is 75.7 Å². The quantitative estimate of drug-likeness (QED) is 0.434. The van der Waals surface area contributed by atoms with Gasteiger partial charge in [0.05, 0.1) is 5.69 Å². The number of benzene rings is 1. The topological polar surface area (TPSA) is 58.4 Å². The molecule has 0 bridgehead atoms. The summed E-state index contributed by atoms with van der Waals surface area (Å²) in [5.74, 6) is 0.601. The first-order chi connectivity index (χ1) is 16.9. The Bertz CT molecular complexity index is 1100. The number of likely N-dealkylation sites (tertiary alicyclic amines) is 1. The van der Waals surface area contributed by atoms with E-state index in [1.165, 1.54) is 10.4 Å². The molecule has 1 aliphatic rings. The lowest BCUT2D eigenvalue weighted by Crippen LogP contribution is -2.48. The van der Waals surface area contributed by atoms with Gasteiger partial charge in [0, 0.05) is 44.5 Å². The fraction of sp³-hybridized carbons (Fsp3) is 0.464. The second-order valence-electron chi connectivity index (χ2n) is 9.62. The number of likely N-dealkylation sites (N-methyl/N-ethyl adjacent to an activating group) is 1. The standard InChI is InChI=1S/C28H36N4O2S/c1-21-19-26(31(3)29-21)28(34)30(2)25(20-22-9-5-4-6-10-22)23-14-16-32(17-15-23)27(33)13-7-11-24-12-8-18-35-24/h4-6,8-10,12,18-19,23,25H,7,11,13-17,20H2,1-3H3/t25-/m0/s1. The number of thiophene rings is 1. The Hall–Kier alpha value is -2.93. The number of aryl methyl sites for hydroxylation is 3. The largest absolute Gasteiger partial charge is 0.343 e. The predicted octanol–water partition coefficient (Wildman–Crippen LogP) is 4.73. The van der Waals surface area contributed by atoms with Crippen LogP contribution in [0.5, 0.6) is 0 Å². The van der Waals surface area contributed by atoms with E-state index in [0.29, 0.717) is 18.0 Å². The van der Waals surface area contributed by atoms with E-state index in [1.807, 2.05) is 43.0 Å². The Kier molecular flexibility index (Phi) is 8.39. The molecule has 2 amide bonds. The number of amides is 2. The molecular formula is C28H36N4O2S. The summed E-state index contributed by atoms with van der Waals surface area (Å²) in [7, 11) is 3.74. The average Bonchev–Trinajstić information content (AvgIpc) is 3.51. The SMILES string of the molecule is Cc1cc(C(=O)N(C)[C@@H](Cc2ccccc2)C2CCN(C(=O)CCCc3cccs3)CC2)n(C)n1. The third-order valence-electron chi connectivity index (χ3n) is 7.16. The number of hydrogen-bond donors (Lipinski definition) is 0. The van der Waals surface area contributed by atoms with Crippen molar-refractivity contribution in [3.8, 4) is 0 Å². The van der Waals surface area contributed by atoms with Crippen molar-refractivity contribution >= 4 is 23.2 Å². The highest BCUT2D eigenvalue weighted by atomic mass is 32.1. The Balaban J connectivity index is 1.39. The number of piperidine rings is 1. The van der Waals surface area contributed by atoms with Gasteiger partial charge >= 0.3 is 0 Å². The molecule has 1 fully saturated rings. The van der Waals surface area contributed by atoms with Gasteiger partial charge in [-0.25, -0.2) is 0 Å². The third-order valence-corrected chi connectivity index (χ3v) is 8.09. The van der Waals surface area contributed by atoms with Gasteiger partial charge in [0.15, 0.2) is 0 Å². The van der Waals surface area contributed by atoms with Gasteiger partial charge in [-0.05, 0) is 68.0 Å². The minimum absolute atomic E-state index is 0.00103. The van der Waals surface area contributed by atoms with Gasteiger partial charge in [0.2, 0.25) is 5.91 Å². The molecule has 2 aromatic heterocycles. The van der Waals surface area contributed by atoms with Crippen LogP contribution in [-0.4, -0.2) is 57.6 Å². The molecule has 1 saturated heterocycles. The molecule has 1 aliphatic heterocycles. The molecule has 3 aromatic rings. The van der Waals surface area contributed by atoms with Gasteiger partial charge in [0.1, 0.15) is 5.69 Å². The third kappa shape index (κ3) is 6.40. The summed E-state index contributed by atoms with van der Waals surface area (Å²) in [6.07, 6.45) is 5.11. The highest BCUT2D eigenvalue weighted by molar-refractivity contribution is 7.09. The van der Waals surface area contributed by atoms with E-state index in [1.54, 1.807) is 16.0 Å². The smallest absolute Gasteiger partial charge is 0.272 e. The highest BCUT2D eigenvalue weighted by Gasteiger charge is 2.33. The molecule has 4 rings (SSSR count). The molecule has 6 nitrogen and oxygen atoms in total. The molecule has 1 atom stereocenters. The van der Waals surface area contributed by atoms with Crippen molar-refractivity contribution in [1.82, 2.24) is 19.6 Å². The number of aromatic nitrogens is 2. The molecule has 0 spiro atoms. The highest BCUT2D eigenvalue weighted by Crippen LogP contribution is 2.28. The van der Waals surface area contributed by atoms with E-state index in [0.717, 1.165) is 50.9 Å². The summed E-state index contributed by atoms with van der Waals surface area (Å²) >= 11 is 1.76. The lowest BCUT2D eigenvalue weighted by molar-refractivity contribution is -0.133. The van der Waals surface area contributed by atoms with Crippen molar-refractivity contribution < 1.29 is 9.59 Å². The van der Waals surface area contributed by atoms with E-state index >= 15 is 0 Å². The van der Waals surface area contributed by atoms with Crippen LogP contribution in [0.4, 0.5) is 0 Å². The van der Waals surface area contributed by atoms with Gasteiger partial charge in [-0.3, -0.25) is 14.3 Å². The zero-order valence-electron chi connectivity index (χ0n) is 21.0. The number of nitrogens with zero attached hydrogens (tertiary/aromatic N) is 4. The maximum absolute atomic E-state index is 13.4. The van der Waals surface area contributed by atoms with E-state index in [2.05, 4.69) is 46.9 Å². The molecule has 1 aromatic carbocycles. The molecule has 186 valence electrons. The Morgan fingerprint density at radius 3 is 2.51 bits per heavy atom. The van der Waals surface area contributed by atoms with Crippen LogP contribution in [-0.2, 0) is 24.7 Å². The van der Waals surface area contributed by atoms with Crippen LogP contribution in [0.3, 0.4) is 0 Å². The summed E-state index contributed by atoms with van der Waals surface area (Å²) in [5, 5.41) is 6.45. The second-order valence-corrected chi connectivity index (χ2v) is 10.7. The van der Waals surface area contributed by atoms with Crippen LogP contribution < -0.4 is 0 Å². The molecule has 0 aliphatic carbocycles. The van der Waals surface area contributed by atoms with Crippen molar-refractivity contribution in [1.29, 1.82) is 0 Å². The minimum Gasteiger partial charge on any atom is -0.343 e. The normalized spacial score (nSPS) is 15.2. The molecule has 0 radical (unpaired) electrons. The Morgan fingerprint density at radius 1 is 1.14 bits per heavy atom. The lowest BCUT2D eigenvalue weighted by atomic mass is 9.84. The summed E-state index contributed by atoms with van der Waals surface area (Å²) in [6.45, 7) is 3.44. The molecule has 3 heterocycles. The van der Waals surface area contributed by atoms with Gasteiger partial charge in [-0.2, -0.15) is 5.10 Å². The van der Waals surface area contributed by atoms with Crippen LogP contribution in [0, 0.1) is 12.8 Å². The van der Waals surface area contributed by atoms with Crippen molar-refractivity contribution in [3.63, 3.8) is 0 Å². The maximum atomic E-state index is 13.4. The monoisotopic (exact) mass is 492 g/mol. The summed E-state index contributed by atoms with van der Waals surface area (Å²) in [5.41, 5.74) is 2.68. The zero-order valence-corrected chi connectivity index (χ0v) is 21.8. The average molecular weight is 493 g/mol. The zero-order chi connectivity index (χ0) is 24.8. The number of carbonyl (C=O) groups is 2. The molecule has 7 heteroatoms. The second kappa shape index (κ2) is 11.7. The fourth-order valence-corrected chi connectivity index (χ4v) is 5.93. The van der Waals surface area contributed by atoms with Crippen LogP contribution in [0.2, 0.25) is 0 Å². The minimum atomic E-state index is 0.00103. The van der Waals surface area contributed by atoms with Crippen molar-refractivity contribution in [2.75, 3.05) is 20.1 Å². The molecule has 0 saturated carbocycles. The van der Waals surface area contributed by atoms with Crippen LogP contribution in [0.15, 0.2) is 53.9 Å². The van der Waals surface area contributed by atoms with Crippen molar-refractivity contribution in [2.24, 2.45) is 13.0 Å². The number of hydrogen-bond acceptors (Lipinski definition) is 4. The maximum Gasteiger partial charge on any atom is 0.272 e. The Morgan fingerprint density at radius 2 is 1.89 bits per heavy atom. The van der Waals surface area contributed by atoms with Gasteiger partial charge in [0.25, 0.3) is 5.91 Å². The number of rotatable bonds is 9. The first-order valence-electron chi connectivity index (χ1n) is 12.5. The fourth-order valence-electron chi connectivity index (χ4n) is 5.18. The molecule has 0 N–H and O–H groups in total. The summed E-state index contributed by atoms with van der Waals surface area (Å²) < 4.78 is 1.67. The predicted molar refractivity (Wildman–Crippen MR) is 141 cm³/mol. The summed E-state index contributed by atoms with van der Waals surface area (Å²) in [6, 6.07) is 16.5. The van der Waals surface area contributed by atoms with E-state index in [-0.39, 0.29) is 17.9 Å². The Labute approximate surface area is 212 Å². The van der Waals surface area contributed by atoms with Crippen LogP contribution >= 0.6 is 11.3 Å². The van der Waals surface area contributed by atoms with E-state index in [4.69, 9.17) is 0 Å². The molecular weight excluding hydrogens is 456 g/mol. The van der Waals surface area contributed by atoms with Crippen molar-refractivity contribution in [2.45, 2.75) is 51.5 Å². The van der Waals surface area contributed by atoms with Crippen LogP contribution in [0.25, 0.3) is 0 Å². The first-order valence-corrected chi connectivity index (χ1v) is 13.4. The first kappa shape index (κ1) is 25.2. The van der Waals surface area contributed by atoms with E-state index < -0.39 is 0 Å². The lowest BCUT2D eigenvalue weighted by Gasteiger charge is -2.40. The van der Waals surface area contributed by atoms with Gasteiger partial charge in [-0.15, -0.1) is 11.3 Å². The summed E-state index contributed by atoms with van der Waals surface area (Å²) in [4.78, 5) is 31.5. The van der Waals surface area contributed by atoms with E-state index in [9.17, 15) is 9.59 Å². The van der Waals surface area contributed by atoms with Gasteiger partial charge in [-0.1, -0.05) is 36.4 Å². The molecule has 0 unspecified atom stereocenters. The van der Waals surface area contributed by atoms with Gasteiger partial charge < -0.3 is 9.80 Å². The molecule has 35 heavy (non-hydrogen) atoms. The van der Waals surface area contributed by atoms with Crippen LogP contribution in [0.1, 0.15) is 52.3 Å².